The monoisotopic (exact) mass is 372 g/mol. The summed E-state index contributed by atoms with van der Waals surface area (Å²) in [6, 6.07) is 12.8. The van der Waals surface area contributed by atoms with Crippen LogP contribution in [0.4, 0.5) is 5.69 Å². The van der Waals surface area contributed by atoms with E-state index in [0.717, 1.165) is 30.6 Å². The van der Waals surface area contributed by atoms with Crippen LogP contribution in [0.5, 0.6) is 11.6 Å². The smallest absolute Gasteiger partial charge is 0.222 e. The molecule has 0 bridgehead atoms. The zero-order valence-corrected chi connectivity index (χ0v) is 15.4. The molecule has 26 heavy (non-hydrogen) atoms. The highest BCUT2D eigenvalue weighted by Crippen LogP contribution is 2.40. The number of para-hydroxylation sites is 1. The van der Waals surface area contributed by atoms with E-state index in [9.17, 15) is 10.0 Å². The summed E-state index contributed by atoms with van der Waals surface area (Å²) < 4.78 is 7.55. The summed E-state index contributed by atoms with van der Waals surface area (Å²) in [6.07, 6.45) is 3.26. The van der Waals surface area contributed by atoms with Crippen LogP contribution in [0.1, 0.15) is 31.7 Å². The molecular weight excluding hydrogens is 352 g/mol. The van der Waals surface area contributed by atoms with Crippen molar-refractivity contribution in [3.05, 3.63) is 58.0 Å². The first-order chi connectivity index (χ1) is 12.7. The molecule has 1 heterocycles. The number of rotatable bonds is 8. The van der Waals surface area contributed by atoms with E-state index in [1.165, 1.54) is 0 Å². The van der Waals surface area contributed by atoms with E-state index in [4.69, 9.17) is 16.3 Å². The van der Waals surface area contributed by atoms with Crippen LogP contribution >= 0.6 is 11.6 Å². The van der Waals surface area contributed by atoms with Gasteiger partial charge in [-0.25, -0.2) is 0 Å². The predicted octanol–water partition coefficient (Wildman–Crippen LogP) is 6.02. The van der Waals surface area contributed by atoms with Crippen molar-refractivity contribution in [1.82, 2.24) is 4.57 Å². The zero-order valence-electron chi connectivity index (χ0n) is 14.6. The van der Waals surface area contributed by atoms with Gasteiger partial charge in [0.15, 0.2) is 5.69 Å². The highest BCUT2D eigenvalue weighted by molar-refractivity contribution is 6.31. The lowest BCUT2D eigenvalue weighted by atomic mass is 10.2. The van der Waals surface area contributed by atoms with E-state index in [0.29, 0.717) is 29.1 Å². The fourth-order valence-electron chi connectivity index (χ4n) is 3.02. The Hall–Kier alpha value is -2.53. The van der Waals surface area contributed by atoms with Crippen LogP contribution in [0.3, 0.4) is 0 Å². The van der Waals surface area contributed by atoms with E-state index >= 15 is 0 Å². The van der Waals surface area contributed by atoms with Crippen LogP contribution in [-0.2, 0) is 6.54 Å². The molecular formula is C20H21ClN2O3. The van der Waals surface area contributed by atoms with Crippen molar-refractivity contribution in [1.29, 1.82) is 0 Å². The molecule has 6 heteroatoms. The Morgan fingerprint density at radius 1 is 1.19 bits per heavy atom. The Morgan fingerprint density at radius 3 is 2.77 bits per heavy atom. The lowest BCUT2D eigenvalue weighted by Gasteiger charge is -2.13. The number of hydrogen-bond donors (Lipinski definition) is 1. The van der Waals surface area contributed by atoms with Crippen LogP contribution in [0.2, 0.25) is 5.02 Å². The summed E-state index contributed by atoms with van der Waals surface area (Å²) in [5, 5.41) is 14.6. The molecule has 0 amide bonds. The van der Waals surface area contributed by atoms with Gasteiger partial charge in [-0.1, -0.05) is 49.6 Å². The molecule has 0 aliphatic heterocycles. The van der Waals surface area contributed by atoms with Crippen molar-refractivity contribution in [2.45, 2.75) is 32.7 Å². The second-order valence-corrected chi connectivity index (χ2v) is 6.61. The number of benzene rings is 2. The normalized spacial score (nSPS) is 11.0. The molecule has 0 aliphatic rings. The van der Waals surface area contributed by atoms with Crippen molar-refractivity contribution in [3.63, 3.8) is 0 Å². The minimum Gasteiger partial charge on any atom is -0.493 e. The largest absolute Gasteiger partial charge is 0.493 e. The lowest BCUT2D eigenvalue weighted by molar-refractivity contribution is 0.302. The van der Waals surface area contributed by atoms with Crippen molar-refractivity contribution in [3.8, 4) is 11.6 Å². The number of nitroso groups, excluding NO2 is 1. The third-order valence-electron chi connectivity index (χ3n) is 4.37. The number of hydrogen-bond acceptors (Lipinski definition) is 4. The van der Waals surface area contributed by atoms with Gasteiger partial charge in [-0.15, -0.1) is 4.91 Å². The molecule has 0 saturated heterocycles. The number of aromatic hydroxyl groups is 1. The summed E-state index contributed by atoms with van der Waals surface area (Å²) in [5.41, 5.74) is 1.59. The zero-order chi connectivity index (χ0) is 18.5. The topological polar surface area (TPSA) is 63.8 Å². The molecule has 0 spiro atoms. The first kappa shape index (κ1) is 18.3. The average Bonchev–Trinajstić information content (AvgIpc) is 2.90. The van der Waals surface area contributed by atoms with Gasteiger partial charge >= 0.3 is 0 Å². The van der Waals surface area contributed by atoms with Gasteiger partial charge in [0.1, 0.15) is 5.75 Å². The molecule has 3 rings (SSSR count). The van der Waals surface area contributed by atoms with Gasteiger partial charge in [-0.05, 0) is 35.9 Å². The number of fused-ring (bicyclic) bond motifs is 1. The van der Waals surface area contributed by atoms with Gasteiger partial charge < -0.3 is 14.4 Å². The fraction of sp³-hybridized carbons (Fsp3) is 0.300. The molecule has 0 fully saturated rings. The molecule has 1 aromatic heterocycles. The molecule has 0 saturated carbocycles. The molecule has 0 atom stereocenters. The van der Waals surface area contributed by atoms with Crippen molar-refractivity contribution in [2.75, 3.05) is 6.61 Å². The van der Waals surface area contributed by atoms with E-state index in [1.54, 1.807) is 22.8 Å². The molecule has 0 unspecified atom stereocenters. The Balaban J connectivity index is 1.96. The summed E-state index contributed by atoms with van der Waals surface area (Å²) in [6.45, 7) is 3.15. The Labute approximate surface area is 157 Å². The van der Waals surface area contributed by atoms with Crippen LogP contribution < -0.4 is 4.74 Å². The van der Waals surface area contributed by atoms with Crippen LogP contribution in [0.25, 0.3) is 10.9 Å². The number of unbranched alkanes of at least 4 members (excludes halogenated alkanes) is 2. The average molecular weight is 373 g/mol. The summed E-state index contributed by atoms with van der Waals surface area (Å²) in [4.78, 5) is 11.2. The minimum absolute atomic E-state index is 0.0259. The molecule has 3 aromatic rings. The minimum atomic E-state index is -0.168. The number of halogens is 1. The summed E-state index contributed by atoms with van der Waals surface area (Å²) >= 11 is 6.10. The van der Waals surface area contributed by atoms with Gasteiger partial charge in [0.2, 0.25) is 5.88 Å². The highest BCUT2D eigenvalue weighted by atomic mass is 35.5. The van der Waals surface area contributed by atoms with Crippen molar-refractivity contribution < 1.29 is 9.84 Å². The molecule has 136 valence electrons. The maximum Gasteiger partial charge on any atom is 0.222 e. The van der Waals surface area contributed by atoms with Crippen LogP contribution in [0, 0.1) is 4.91 Å². The van der Waals surface area contributed by atoms with Crippen molar-refractivity contribution >= 4 is 28.2 Å². The SMILES string of the molecule is CCCCCOc1ccccc1Cn1c(O)c(N=O)c2ccc(Cl)cc21. The maximum absolute atomic E-state index is 11.2. The third-order valence-corrected chi connectivity index (χ3v) is 4.61. The van der Waals surface area contributed by atoms with Crippen LogP contribution in [0.15, 0.2) is 47.6 Å². The number of aromatic nitrogens is 1. The molecule has 5 nitrogen and oxygen atoms in total. The predicted molar refractivity (Wildman–Crippen MR) is 105 cm³/mol. The van der Waals surface area contributed by atoms with Crippen LogP contribution in [-0.4, -0.2) is 16.3 Å². The maximum atomic E-state index is 11.2. The summed E-state index contributed by atoms with van der Waals surface area (Å²) in [7, 11) is 0. The van der Waals surface area contributed by atoms with E-state index in [-0.39, 0.29) is 11.6 Å². The Bertz CT molecular complexity index is 921. The highest BCUT2D eigenvalue weighted by Gasteiger charge is 2.19. The van der Waals surface area contributed by atoms with Gasteiger partial charge in [0.05, 0.1) is 18.7 Å². The van der Waals surface area contributed by atoms with E-state index in [1.807, 2.05) is 24.3 Å². The van der Waals surface area contributed by atoms with E-state index in [2.05, 4.69) is 12.1 Å². The van der Waals surface area contributed by atoms with Gasteiger partial charge in [-0.2, -0.15) is 0 Å². The first-order valence-electron chi connectivity index (χ1n) is 8.70. The second kappa shape index (κ2) is 8.23. The van der Waals surface area contributed by atoms with Gasteiger partial charge in [0.25, 0.3) is 0 Å². The van der Waals surface area contributed by atoms with E-state index < -0.39 is 0 Å². The van der Waals surface area contributed by atoms with Gasteiger partial charge in [0, 0.05) is 16.0 Å². The molecule has 0 aliphatic carbocycles. The molecule has 0 radical (unpaired) electrons. The second-order valence-electron chi connectivity index (χ2n) is 6.17. The third kappa shape index (κ3) is 3.68. The quantitative estimate of drug-likeness (QED) is 0.388. The molecule has 1 N–H and O–H groups in total. The first-order valence-corrected chi connectivity index (χ1v) is 9.08. The molecule has 2 aromatic carbocycles. The lowest BCUT2D eigenvalue weighted by Crippen LogP contribution is -2.04. The Kier molecular flexibility index (Phi) is 5.78. The van der Waals surface area contributed by atoms with Crippen molar-refractivity contribution in [2.24, 2.45) is 5.18 Å². The Morgan fingerprint density at radius 2 is 2.00 bits per heavy atom. The number of ether oxygens (including phenoxy) is 1. The number of nitrogens with zero attached hydrogens (tertiary/aromatic N) is 2. The fourth-order valence-corrected chi connectivity index (χ4v) is 3.19. The standard InChI is InChI=1S/C20H21ClN2O3/c1-2-3-6-11-26-18-8-5-4-7-14(18)13-23-17-12-15(21)9-10-16(17)19(22-25)20(23)24/h4-5,7-10,12,24H,2-3,6,11,13H2,1H3. The van der Waals surface area contributed by atoms with Gasteiger partial charge in [-0.3, -0.25) is 0 Å². The summed E-state index contributed by atoms with van der Waals surface area (Å²) in [5.74, 6) is 0.602.